The molecule has 2 N–H and O–H groups in total. The molecular formula is C13H12BrN3O2. The number of benzene rings is 1. The average molecular weight is 322 g/mol. The molecule has 1 amide bonds. The lowest BCUT2D eigenvalue weighted by molar-refractivity contribution is 0.0933. The molecule has 0 aliphatic rings. The second kappa shape index (κ2) is 5.79. The maximum absolute atomic E-state index is 11.9. The van der Waals surface area contributed by atoms with Gasteiger partial charge in [-0.1, -0.05) is 34.1 Å². The van der Waals surface area contributed by atoms with E-state index in [0.29, 0.717) is 0 Å². The van der Waals surface area contributed by atoms with Crippen molar-refractivity contribution in [2.24, 2.45) is 0 Å². The third-order valence-corrected chi connectivity index (χ3v) is 3.35. The minimum Gasteiger partial charge on any atom is -0.344 e. The van der Waals surface area contributed by atoms with E-state index in [4.69, 9.17) is 0 Å². The molecule has 0 spiro atoms. The van der Waals surface area contributed by atoms with Gasteiger partial charge in [0.1, 0.15) is 5.69 Å². The van der Waals surface area contributed by atoms with Gasteiger partial charge >= 0.3 is 0 Å². The zero-order valence-electron chi connectivity index (χ0n) is 10.2. The van der Waals surface area contributed by atoms with Crippen molar-refractivity contribution in [2.75, 3.05) is 0 Å². The molecule has 0 radical (unpaired) electrons. The minimum absolute atomic E-state index is 0.170. The molecule has 0 saturated heterocycles. The Hall–Kier alpha value is -1.95. The highest BCUT2D eigenvalue weighted by atomic mass is 79.9. The molecule has 0 aliphatic carbocycles. The van der Waals surface area contributed by atoms with Crippen molar-refractivity contribution in [2.45, 2.75) is 13.0 Å². The van der Waals surface area contributed by atoms with Gasteiger partial charge in [-0.2, -0.15) is 5.10 Å². The van der Waals surface area contributed by atoms with Gasteiger partial charge < -0.3 is 5.32 Å². The van der Waals surface area contributed by atoms with Crippen LogP contribution in [0.1, 0.15) is 29.0 Å². The molecule has 1 aromatic carbocycles. The summed E-state index contributed by atoms with van der Waals surface area (Å²) < 4.78 is 0.928. The Balaban J connectivity index is 2.13. The lowest BCUT2D eigenvalue weighted by Crippen LogP contribution is -2.28. The van der Waals surface area contributed by atoms with Crippen molar-refractivity contribution < 1.29 is 4.79 Å². The number of hydrogen-bond donors (Lipinski definition) is 2. The normalized spacial score (nSPS) is 11.9. The number of carbonyl (C=O) groups is 1. The van der Waals surface area contributed by atoms with Crippen LogP contribution in [0.5, 0.6) is 0 Å². The second-order valence-electron chi connectivity index (χ2n) is 4.02. The smallest absolute Gasteiger partial charge is 0.272 e. The van der Waals surface area contributed by atoms with Crippen LogP contribution in [0, 0.1) is 0 Å². The number of amides is 1. The van der Waals surface area contributed by atoms with Gasteiger partial charge in [0, 0.05) is 10.5 Å². The molecule has 1 atom stereocenters. The number of aromatic nitrogens is 2. The van der Waals surface area contributed by atoms with E-state index >= 15 is 0 Å². The topological polar surface area (TPSA) is 74.8 Å². The highest BCUT2D eigenvalue weighted by Crippen LogP contribution is 2.22. The number of aromatic amines is 1. The lowest BCUT2D eigenvalue weighted by Gasteiger charge is -2.15. The van der Waals surface area contributed by atoms with Gasteiger partial charge in [0.25, 0.3) is 11.5 Å². The van der Waals surface area contributed by atoms with E-state index in [-0.39, 0.29) is 23.2 Å². The summed E-state index contributed by atoms with van der Waals surface area (Å²) in [5, 5.41) is 8.73. The number of carbonyl (C=O) groups excluding carboxylic acids is 1. The van der Waals surface area contributed by atoms with E-state index < -0.39 is 0 Å². The molecule has 2 aromatic rings. The zero-order valence-corrected chi connectivity index (χ0v) is 11.8. The lowest BCUT2D eigenvalue weighted by atomic mass is 10.1. The van der Waals surface area contributed by atoms with Gasteiger partial charge in [0.05, 0.1) is 6.04 Å². The number of halogens is 1. The van der Waals surface area contributed by atoms with Crippen LogP contribution in [-0.2, 0) is 0 Å². The summed E-state index contributed by atoms with van der Waals surface area (Å²) >= 11 is 3.44. The first-order valence-corrected chi connectivity index (χ1v) is 6.48. The van der Waals surface area contributed by atoms with Crippen LogP contribution >= 0.6 is 15.9 Å². The van der Waals surface area contributed by atoms with Crippen LogP contribution < -0.4 is 10.9 Å². The summed E-state index contributed by atoms with van der Waals surface area (Å²) in [6, 6.07) is 10.1. The number of H-pyrrole nitrogens is 1. The van der Waals surface area contributed by atoms with Gasteiger partial charge in [-0.15, -0.1) is 0 Å². The quantitative estimate of drug-likeness (QED) is 0.908. The number of hydrogen-bond acceptors (Lipinski definition) is 3. The van der Waals surface area contributed by atoms with Crippen molar-refractivity contribution in [1.82, 2.24) is 15.5 Å². The summed E-state index contributed by atoms with van der Waals surface area (Å²) in [6.07, 6.45) is 0. The van der Waals surface area contributed by atoms with Gasteiger partial charge in [-0.3, -0.25) is 9.59 Å². The standard InChI is InChI=1S/C13H12BrN3O2/c1-8(9-4-2-3-5-10(9)14)15-13(19)11-6-7-12(18)17-16-11/h2-8H,1H3,(H,15,19)(H,17,18)/t8-/m0/s1. The van der Waals surface area contributed by atoms with E-state index in [9.17, 15) is 9.59 Å². The molecule has 0 fully saturated rings. The molecule has 0 saturated carbocycles. The fourth-order valence-electron chi connectivity index (χ4n) is 1.65. The largest absolute Gasteiger partial charge is 0.344 e. The van der Waals surface area contributed by atoms with Crippen LogP contribution in [0.25, 0.3) is 0 Å². The molecule has 5 nitrogen and oxygen atoms in total. The first-order chi connectivity index (χ1) is 9.08. The van der Waals surface area contributed by atoms with Gasteiger partial charge in [0.2, 0.25) is 0 Å². The van der Waals surface area contributed by atoms with Crippen molar-refractivity contribution in [1.29, 1.82) is 0 Å². The number of rotatable bonds is 3. The molecular weight excluding hydrogens is 310 g/mol. The van der Waals surface area contributed by atoms with Crippen LogP contribution in [0.15, 0.2) is 45.7 Å². The SMILES string of the molecule is C[C@H](NC(=O)c1ccc(=O)[nH]n1)c1ccccc1Br. The van der Waals surface area contributed by atoms with Crippen molar-refractivity contribution in [3.8, 4) is 0 Å². The van der Waals surface area contributed by atoms with E-state index in [2.05, 4.69) is 31.4 Å². The monoisotopic (exact) mass is 321 g/mol. The summed E-state index contributed by atoms with van der Waals surface area (Å²) in [6.45, 7) is 1.88. The number of nitrogens with zero attached hydrogens (tertiary/aromatic N) is 1. The third kappa shape index (κ3) is 3.29. The van der Waals surface area contributed by atoms with Crippen LogP contribution in [0.4, 0.5) is 0 Å². The van der Waals surface area contributed by atoms with Crippen molar-refractivity contribution in [3.63, 3.8) is 0 Å². The van der Waals surface area contributed by atoms with Crippen molar-refractivity contribution in [3.05, 3.63) is 62.5 Å². The summed E-state index contributed by atoms with van der Waals surface area (Å²) in [7, 11) is 0. The Morgan fingerprint density at radius 3 is 2.68 bits per heavy atom. The van der Waals surface area contributed by atoms with E-state index in [1.54, 1.807) is 0 Å². The predicted molar refractivity (Wildman–Crippen MR) is 74.9 cm³/mol. The Kier molecular flexibility index (Phi) is 4.11. The molecule has 1 aromatic heterocycles. The highest BCUT2D eigenvalue weighted by molar-refractivity contribution is 9.10. The first-order valence-electron chi connectivity index (χ1n) is 5.69. The summed E-state index contributed by atoms with van der Waals surface area (Å²) in [4.78, 5) is 22.8. The number of nitrogens with one attached hydrogen (secondary N) is 2. The fraction of sp³-hybridized carbons (Fsp3) is 0.154. The molecule has 19 heavy (non-hydrogen) atoms. The molecule has 98 valence electrons. The summed E-state index contributed by atoms with van der Waals surface area (Å²) in [5.74, 6) is -0.334. The Labute approximate surface area is 118 Å². The maximum atomic E-state index is 11.9. The Morgan fingerprint density at radius 1 is 1.32 bits per heavy atom. The minimum atomic E-state index is -0.338. The first kappa shape index (κ1) is 13.5. The highest BCUT2D eigenvalue weighted by Gasteiger charge is 2.14. The van der Waals surface area contributed by atoms with E-state index in [0.717, 1.165) is 10.0 Å². The fourth-order valence-corrected chi connectivity index (χ4v) is 2.27. The van der Waals surface area contributed by atoms with Crippen LogP contribution in [0.2, 0.25) is 0 Å². The van der Waals surface area contributed by atoms with Gasteiger partial charge in [0.15, 0.2) is 0 Å². The molecule has 0 aliphatic heterocycles. The Morgan fingerprint density at radius 2 is 2.05 bits per heavy atom. The molecule has 0 unspecified atom stereocenters. The van der Waals surface area contributed by atoms with Crippen LogP contribution in [0.3, 0.4) is 0 Å². The van der Waals surface area contributed by atoms with E-state index in [1.807, 2.05) is 31.2 Å². The average Bonchev–Trinajstić information content (AvgIpc) is 2.39. The predicted octanol–water partition coefficient (Wildman–Crippen LogP) is 2.02. The third-order valence-electron chi connectivity index (χ3n) is 2.63. The Bertz CT molecular complexity index is 634. The van der Waals surface area contributed by atoms with Gasteiger partial charge in [-0.05, 0) is 24.6 Å². The van der Waals surface area contributed by atoms with E-state index in [1.165, 1.54) is 12.1 Å². The maximum Gasteiger partial charge on any atom is 0.272 e. The van der Waals surface area contributed by atoms with Gasteiger partial charge in [-0.25, -0.2) is 5.10 Å². The second-order valence-corrected chi connectivity index (χ2v) is 4.88. The van der Waals surface area contributed by atoms with Crippen LogP contribution in [-0.4, -0.2) is 16.1 Å². The molecule has 0 bridgehead atoms. The molecule has 2 rings (SSSR count). The zero-order chi connectivity index (χ0) is 13.8. The molecule has 6 heteroatoms. The molecule has 1 heterocycles. The summed E-state index contributed by atoms with van der Waals surface area (Å²) in [5.41, 5.74) is 0.814. The van der Waals surface area contributed by atoms with Crippen molar-refractivity contribution >= 4 is 21.8 Å².